The molecule has 0 N–H and O–H groups in total. The van der Waals surface area contributed by atoms with E-state index in [1.165, 1.54) is 6.08 Å². The number of allylic oxidation sites excluding steroid dienone is 1. The van der Waals surface area contributed by atoms with Gasteiger partial charge in [-0.3, -0.25) is 4.79 Å². The molecule has 0 aromatic carbocycles. The first-order valence-electron chi connectivity index (χ1n) is 6.51. The molecule has 1 aliphatic heterocycles. The van der Waals surface area contributed by atoms with E-state index in [0.29, 0.717) is 19.5 Å². The lowest BCUT2D eigenvalue weighted by Gasteiger charge is -2.16. The summed E-state index contributed by atoms with van der Waals surface area (Å²) in [5, 5.41) is 0. The van der Waals surface area contributed by atoms with Crippen LogP contribution >= 0.6 is 0 Å². The van der Waals surface area contributed by atoms with Crippen LogP contribution in [0, 0.1) is 0 Å². The zero-order valence-electron chi connectivity index (χ0n) is 11.4. The predicted octanol–water partition coefficient (Wildman–Crippen LogP) is 2.66. The smallest absolute Gasteiger partial charge is 0.416 e. The van der Waals surface area contributed by atoms with Gasteiger partial charge in [0, 0.05) is 25.2 Å². The first-order valence-corrected chi connectivity index (χ1v) is 6.51. The van der Waals surface area contributed by atoms with Gasteiger partial charge in [0.15, 0.2) is 0 Å². The molecule has 2 heterocycles. The number of aromatic nitrogens is 1. The maximum Gasteiger partial charge on any atom is 0.416 e. The molecular weight excluding hydrogens is 285 g/mol. The van der Waals surface area contributed by atoms with Crippen LogP contribution in [0.3, 0.4) is 0 Å². The van der Waals surface area contributed by atoms with Gasteiger partial charge in [0.05, 0.1) is 12.1 Å². The maximum atomic E-state index is 12.6. The van der Waals surface area contributed by atoms with Gasteiger partial charge in [-0.25, -0.2) is 4.98 Å². The molecular formula is C14H15F3N2O2. The Morgan fingerprint density at radius 2 is 2.29 bits per heavy atom. The van der Waals surface area contributed by atoms with Crippen molar-refractivity contribution in [2.75, 3.05) is 13.1 Å². The molecule has 2 rings (SSSR count). The number of amides is 1. The Morgan fingerprint density at radius 1 is 1.52 bits per heavy atom. The van der Waals surface area contributed by atoms with Crippen LogP contribution in [0.5, 0.6) is 5.88 Å². The molecule has 1 aromatic heterocycles. The van der Waals surface area contributed by atoms with Gasteiger partial charge in [-0.2, -0.15) is 13.2 Å². The highest BCUT2D eigenvalue weighted by molar-refractivity contribution is 5.87. The van der Waals surface area contributed by atoms with E-state index in [9.17, 15) is 18.0 Å². The van der Waals surface area contributed by atoms with Crippen molar-refractivity contribution in [3.05, 3.63) is 36.0 Å². The van der Waals surface area contributed by atoms with E-state index in [4.69, 9.17) is 4.74 Å². The van der Waals surface area contributed by atoms with E-state index >= 15 is 0 Å². The second-order valence-corrected chi connectivity index (χ2v) is 4.69. The number of hydrogen-bond donors (Lipinski definition) is 0. The second-order valence-electron chi connectivity index (χ2n) is 4.69. The van der Waals surface area contributed by atoms with Crippen molar-refractivity contribution in [2.24, 2.45) is 0 Å². The Balaban J connectivity index is 1.99. The lowest BCUT2D eigenvalue weighted by Crippen LogP contribution is -2.29. The molecule has 1 amide bonds. The number of halogens is 3. The molecule has 1 aromatic rings. The van der Waals surface area contributed by atoms with Gasteiger partial charge in [-0.15, -0.1) is 0 Å². The van der Waals surface area contributed by atoms with E-state index in [-0.39, 0.29) is 17.9 Å². The van der Waals surface area contributed by atoms with Crippen molar-refractivity contribution in [1.82, 2.24) is 9.88 Å². The van der Waals surface area contributed by atoms with Gasteiger partial charge in [0.1, 0.15) is 6.10 Å². The van der Waals surface area contributed by atoms with Crippen LogP contribution in [0.1, 0.15) is 18.9 Å². The molecule has 1 aliphatic rings. The van der Waals surface area contributed by atoms with Crippen LogP contribution < -0.4 is 4.74 Å². The summed E-state index contributed by atoms with van der Waals surface area (Å²) in [6.45, 7) is 2.61. The van der Waals surface area contributed by atoms with Gasteiger partial charge in [0.25, 0.3) is 0 Å². The molecule has 0 saturated carbocycles. The zero-order chi connectivity index (χ0) is 15.5. The topological polar surface area (TPSA) is 42.4 Å². The summed E-state index contributed by atoms with van der Waals surface area (Å²) in [5.41, 5.74) is -0.799. The molecule has 1 unspecified atom stereocenters. The minimum absolute atomic E-state index is 0.0739. The Labute approximate surface area is 120 Å². The minimum atomic E-state index is -4.43. The molecule has 4 nitrogen and oxygen atoms in total. The third-order valence-corrected chi connectivity index (χ3v) is 3.12. The number of rotatable bonds is 3. The van der Waals surface area contributed by atoms with Crippen LogP contribution in [0.2, 0.25) is 0 Å². The van der Waals surface area contributed by atoms with Crippen molar-refractivity contribution in [2.45, 2.75) is 25.6 Å². The largest absolute Gasteiger partial charge is 0.472 e. The Morgan fingerprint density at radius 3 is 2.95 bits per heavy atom. The highest BCUT2D eigenvalue weighted by atomic mass is 19.4. The van der Waals surface area contributed by atoms with E-state index in [2.05, 4.69) is 4.98 Å². The van der Waals surface area contributed by atoms with E-state index in [1.807, 2.05) is 0 Å². The van der Waals surface area contributed by atoms with Crippen LogP contribution in [0.25, 0.3) is 0 Å². The number of pyridine rings is 1. The van der Waals surface area contributed by atoms with Crippen molar-refractivity contribution in [1.29, 1.82) is 0 Å². The standard InChI is InChI=1S/C14H15F3N2O2/c1-2-3-13(20)19-7-5-11(9-19)21-12-8-10(4-6-18-12)14(15,16)17/h2-4,6,8,11H,5,7,9H2,1H3/b3-2+. The van der Waals surface area contributed by atoms with Crippen molar-refractivity contribution in [3.63, 3.8) is 0 Å². The number of hydrogen-bond acceptors (Lipinski definition) is 3. The van der Waals surface area contributed by atoms with Gasteiger partial charge in [-0.1, -0.05) is 6.08 Å². The SMILES string of the molecule is C/C=C/C(=O)N1CCC(Oc2cc(C(F)(F)F)ccn2)C1. The summed E-state index contributed by atoms with van der Waals surface area (Å²) < 4.78 is 43.2. The number of carbonyl (C=O) groups excluding carboxylic acids is 1. The van der Waals surface area contributed by atoms with Crippen molar-refractivity contribution >= 4 is 5.91 Å². The number of ether oxygens (including phenoxy) is 1. The molecule has 0 spiro atoms. The van der Waals surface area contributed by atoms with Crippen LogP contribution in [-0.2, 0) is 11.0 Å². The summed E-state index contributed by atoms with van der Waals surface area (Å²) in [5.74, 6) is -0.198. The summed E-state index contributed by atoms with van der Waals surface area (Å²) in [6, 6.07) is 1.76. The van der Waals surface area contributed by atoms with Crippen molar-refractivity contribution in [3.8, 4) is 5.88 Å². The summed E-state index contributed by atoms with van der Waals surface area (Å²) in [7, 11) is 0. The van der Waals surface area contributed by atoms with E-state index in [0.717, 1.165) is 18.3 Å². The maximum absolute atomic E-state index is 12.6. The average Bonchev–Trinajstić information content (AvgIpc) is 2.87. The second kappa shape index (κ2) is 6.15. The fraction of sp³-hybridized carbons (Fsp3) is 0.429. The fourth-order valence-electron chi connectivity index (χ4n) is 2.09. The van der Waals surface area contributed by atoms with Crippen molar-refractivity contribution < 1.29 is 22.7 Å². The third kappa shape index (κ3) is 3.96. The number of nitrogens with zero attached hydrogens (tertiary/aromatic N) is 2. The van der Waals surface area contributed by atoms with Gasteiger partial charge < -0.3 is 9.64 Å². The van der Waals surface area contributed by atoms with Gasteiger partial charge >= 0.3 is 6.18 Å². The monoisotopic (exact) mass is 300 g/mol. The average molecular weight is 300 g/mol. The highest BCUT2D eigenvalue weighted by Crippen LogP contribution is 2.30. The molecule has 1 fully saturated rings. The number of alkyl halides is 3. The summed E-state index contributed by atoms with van der Waals surface area (Å²) in [6.07, 6.45) is -0.0347. The molecule has 1 atom stereocenters. The zero-order valence-corrected chi connectivity index (χ0v) is 11.4. The van der Waals surface area contributed by atoms with Gasteiger partial charge in [0.2, 0.25) is 11.8 Å². The fourth-order valence-corrected chi connectivity index (χ4v) is 2.09. The van der Waals surface area contributed by atoms with Gasteiger partial charge in [-0.05, 0) is 19.1 Å². The molecule has 114 valence electrons. The molecule has 7 heteroatoms. The molecule has 0 aliphatic carbocycles. The lowest BCUT2D eigenvalue weighted by molar-refractivity contribution is -0.137. The Hall–Kier alpha value is -2.05. The summed E-state index contributed by atoms with van der Waals surface area (Å²) in [4.78, 5) is 17.0. The molecule has 21 heavy (non-hydrogen) atoms. The van der Waals surface area contributed by atoms with E-state index < -0.39 is 11.7 Å². The predicted molar refractivity (Wildman–Crippen MR) is 69.7 cm³/mol. The van der Waals surface area contributed by atoms with Crippen LogP contribution in [0.15, 0.2) is 30.5 Å². The molecule has 0 bridgehead atoms. The highest BCUT2D eigenvalue weighted by Gasteiger charge is 2.32. The molecule has 0 radical (unpaired) electrons. The normalized spacial score (nSPS) is 19.2. The van der Waals surface area contributed by atoms with E-state index in [1.54, 1.807) is 17.9 Å². The Kier molecular flexibility index (Phi) is 4.50. The first kappa shape index (κ1) is 15.3. The number of likely N-dealkylation sites (tertiary alicyclic amines) is 1. The third-order valence-electron chi connectivity index (χ3n) is 3.12. The molecule has 1 saturated heterocycles. The number of carbonyl (C=O) groups is 1. The Bertz CT molecular complexity index is 543. The quantitative estimate of drug-likeness (QED) is 0.806. The lowest BCUT2D eigenvalue weighted by atomic mass is 10.2. The van der Waals surface area contributed by atoms with Crippen LogP contribution in [0.4, 0.5) is 13.2 Å². The minimum Gasteiger partial charge on any atom is -0.472 e. The first-order chi connectivity index (χ1) is 9.90. The summed E-state index contributed by atoms with van der Waals surface area (Å²) >= 11 is 0. The van der Waals surface area contributed by atoms with Crippen LogP contribution in [-0.4, -0.2) is 35.0 Å².